The Kier molecular flexibility index (Phi) is 2.45. The molecule has 0 aromatic heterocycles. The second kappa shape index (κ2) is 3.80. The van der Waals surface area contributed by atoms with E-state index in [0.29, 0.717) is 11.3 Å². The summed E-state index contributed by atoms with van der Waals surface area (Å²) >= 11 is 6.15. The molecule has 1 aliphatic heterocycles. The average Bonchev–Trinajstić information content (AvgIpc) is 2.84. The standard InChI is InChI=1S/C13H15ClO/c14-13-4-3-10(6-13)9-1-2-11-7-15-8-12(11)5-9/h1-2,5,10,13H,3-4,6-8H2. The summed E-state index contributed by atoms with van der Waals surface area (Å²) in [6.45, 7) is 1.58. The van der Waals surface area contributed by atoms with Crippen molar-refractivity contribution in [2.24, 2.45) is 0 Å². The van der Waals surface area contributed by atoms with Gasteiger partial charge in [0.1, 0.15) is 0 Å². The fourth-order valence-corrected chi connectivity index (χ4v) is 3.02. The van der Waals surface area contributed by atoms with Crippen LogP contribution in [0.3, 0.4) is 0 Å². The van der Waals surface area contributed by atoms with Gasteiger partial charge >= 0.3 is 0 Å². The van der Waals surface area contributed by atoms with Crippen molar-refractivity contribution in [2.75, 3.05) is 0 Å². The Balaban J connectivity index is 1.87. The van der Waals surface area contributed by atoms with E-state index in [9.17, 15) is 0 Å². The smallest absolute Gasteiger partial charge is 0.0725 e. The van der Waals surface area contributed by atoms with Crippen LogP contribution in [-0.4, -0.2) is 5.38 Å². The molecule has 2 aliphatic rings. The molecule has 80 valence electrons. The molecule has 2 atom stereocenters. The van der Waals surface area contributed by atoms with Crippen molar-refractivity contribution < 1.29 is 4.74 Å². The SMILES string of the molecule is ClC1CCC(c2ccc3c(c2)COC3)C1. The molecule has 2 heteroatoms. The Hall–Kier alpha value is -0.530. The van der Waals surface area contributed by atoms with E-state index in [0.717, 1.165) is 19.6 Å². The Morgan fingerprint density at radius 2 is 2.00 bits per heavy atom. The largest absolute Gasteiger partial charge is 0.372 e. The Bertz CT molecular complexity index is 375. The average molecular weight is 223 g/mol. The van der Waals surface area contributed by atoms with Gasteiger partial charge in [-0.2, -0.15) is 0 Å². The van der Waals surface area contributed by atoms with Gasteiger partial charge in [0.05, 0.1) is 13.2 Å². The number of rotatable bonds is 1. The maximum absolute atomic E-state index is 6.15. The molecule has 0 saturated heterocycles. The van der Waals surface area contributed by atoms with Gasteiger partial charge in [-0.15, -0.1) is 11.6 Å². The molecule has 3 rings (SSSR count). The molecule has 0 radical (unpaired) electrons. The van der Waals surface area contributed by atoms with Crippen molar-refractivity contribution in [2.45, 2.75) is 43.8 Å². The summed E-state index contributed by atoms with van der Waals surface area (Å²) in [5.41, 5.74) is 4.20. The number of fused-ring (bicyclic) bond motifs is 1. The van der Waals surface area contributed by atoms with Crippen LogP contribution in [0.5, 0.6) is 0 Å². The van der Waals surface area contributed by atoms with Crippen molar-refractivity contribution in [3.05, 3.63) is 34.9 Å². The van der Waals surface area contributed by atoms with Crippen molar-refractivity contribution in [1.82, 2.24) is 0 Å². The van der Waals surface area contributed by atoms with Crippen LogP contribution < -0.4 is 0 Å². The molecule has 0 N–H and O–H groups in total. The summed E-state index contributed by atoms with van der Waals surface area (Å²) in [4.78, 5) is 0. The van der Waals surface area contributed by atoms with Gasteiger partial charge in [0.2, 0.25) is 0 Å². The van der Waals surface area contributed by atoms with E-state index in [-0.39, 0.29) is 0 Å². The molecule has 0 bridgehead atoms. The molecule has 1 aromatic rings. The summed E-state index contributed by atoms with van der Waals surface area (Å²) in [5, 5.41) is 0.388. The Morgan fingerprint density at radius 3 is 2.80 bits per heavy atom. The van der Waals surface area contributed by atoms with Crippen LogP contribution in [0.2, 0.25) is 0 Å². The highest BCUT2D eigenvalue weighted by atomic mass is 35.5. The number of hydrogen-bond donors (Lipinski definition) is 0. The molecule has 0 amide bonds. The minimum atomic E-state index is 0.388. The van der Waals surface area contributed by atoms with Gasteiger partial charge in [-0.1, -0.05) is 18.2 Å². The summed E-state index contributed by atoms with van der Waals surface area (Å²) in [6.07, 6.45) is 3.55. The highest BCUT2D eigenvalue weighted by molar-refractivity contribution is 6.20. The first-order valence-electron chi connectivity index (χ1n) is 5.66. The van der Waals surface area contributed by atoms with Gasteiger partial charge in [0, 0.05) is 5.38 Å². The van der Waals surface area contributed by atoms with Gasteiger partial charge < -0.3 is 4.74 Å². The first-order valence-corrected chi connectivity index (χ1v) is 6.10. The molecule has 1 fully saturated rings. The third-order valence-electron chi connectivity index (χ3n) is 3.59. The van der Waals surface area contributed by atoms with Gasteiger partial charge in [-0.05, 0) is 41.9 Å². The second-order valence-corrected chi connectivity index (χ2v) is 5.25. The molecule has 1 saturated carbocycles. The highest BCUT2D eigenvalue weighted by Crippen LogP contribution is 2.38. The first kappa shape index (κ1) is 9.68. The molecule has 1 aromatic carbocycles. The van der Waals surface area contributed by atoms with E-state index in [2.05, 4.69) is 18.2 Å². The molecule has 1 nitrogen and oxygen atoms in total. The predicted molar refractivity (Wildman–Crippen MR) is 61.2 cm³/mol. The third kappa shape index (κ3) is 1.79. The second-order valence-electron chi connectivity index (χ2n) is 4.63. The van der Waals surface area contributed by atoms with E-state index in [1.54, 1.807) is 0 Å². The molecule has 15 heavy (non-hydrogen) atoms. The van der Waals surface area contributed by atoms with Gasteiger partial charge in [-0.25, -0.2) is 0 Å². The normalized spacial score (nSPS) is 29.4. The fraction of sp³-hybridized carbons (Fsp3) is 0.538. The zero-order valence-corrected chi connectivity index (χ0v) is 9.46. The third-order valence-corrected chi connectivity index (χ3v) is 3.98. The van der Waals surface area contributed by atoms with Crippen LogP contribution in [0, 0.1) is 0 Å². The van der Waals surface area contributed by atoms with Crippen LogP contribution in [0.25, 0.3) is 0 Å². The lowest BCUT2D eigenvalue weighted by Gasteiger charge is -2.10. The quantitative estimate of drug-likeness (QED) is 0.660. The van der Waals surface area contributed by atoms with E-state index in [4.69, 9.17) is 16.3 Å². The molecule has 2 unspecified atom stereocenters. The number of benzene rings is 1. The lowest BCUT2D eigenvalue weighted by atomic mass is 9.94. The fourth-order valence-electron chi connectivity index (χ4n) is 2.68. The van der Waals surface area contributed by atoms with Gasteiger partial charge in [0.25, 0.3) is 0 Å². The molecule has 1 heterocycles. The van der Waals surface area contributed by atoms with Crippen molar-refractivity contribution in [1.29, 1.82) is 0 Å². The number of hydrogen-bond acceptors (Lipinski definition) is 1. The highest BCUT2D eigenvalue weighted by Gasteiger charge is 2.25. The Morgan fingerprint density at radius 1 is 1.13 bits per heavy atom. The van der Waals surface area contributed by atoms with E-state index < -0.39 is 0 Å². The maximum atomic E-state index is 6.15. The maximum Gasteiger partial charge on any atom is 0.0725 e. The van der Waals surface area contributed by atoms with Gasteiger partial charge in [-0.3, -0.25) is 0 Å². The number of halogens is 1. The van der Waals surface area contributed by atoms with E-state index >= 15 is 0 Å². The summed E-state index contributed by atoms with van der Waals surface area (Å²) < 4.78 is 5.43. The molecular weight excluding hydrogens is 208 g/mol. The lowest BCUT2D eigenvalue weighted by Crippen LogP contribution is -1.96. The predicted octanol–water partition coefficient (Wildman–Crippen LogP) is 3.59. The number of alkyl halides is 1. The van der Waals surface area contributed by atoms with E-state index in [1.807, 2.05) is 0 Å². The van der Waals surface area contributed by atoms with Crippen LogP contribution in [-0.2, 0) is 18.0 Å². The topological polar surface area (TPSA) is 9.23 Å². The zero-order chi connectivity index (χ0) is 10.3. The molecule has 0 spiro atoms. The number of ether oxygens (including phenoxy) is 1. The zero-order valence-electron chi connectivity index (χ0n) is 8.71. The minimum absolute atomic E-state index is 0.388. The Labute approximate surface area is 95.4 Å². The van der Waals surface area contributed by atoms with Crippen molar-refractivity contribution >= 4 is 11.6 Å². The van der Waals surface area contributed by atoms with Crippen LogP contribution in [0.4, 0.5) is 0 Å². The monoisotopic (exact) mass is 222 g/mol. The van der Waals surface area contributed by atoms with Gasteiger partial charge in [0.15, 0.2) is 0 Å². The van der Waals surface area contributed by atoms with Crippen LogP contribution in [0.1, 0.15) is 41.9 Å². The summed E-state index contributed by atoms with van der Waals surface area (Å²) in [6, 6.07) is 6.80. The summed E-state index contributed by atoms with van der Waals surface area (Å²) in [7, 11) is 0. The summed E-state index contributed by atoms with van der Waals surface area (Å²) in [5.74, 6) is 0.679. The molecular formula is C13H15ClO. The molecule has 1 aliphatic carbocycles. The van der Waals surface area contributed by atoms with Crippen molar-refractivity contribution in [3.63, 3.8) is 0 Å². The first-order chi connectivity index (χ1) is 7.33. The van der Waals surface area contributed by atoms with E-state index in [1.165, 1.54) is 29.5 Å². The van der Waals surface area contributed by atoms with Crippen LogP contribution in [0.15, 0.2) is 18.2 Å². The lowest BCUT2D eigenvalue weighted by molar-refractivity contribution is 0.134. The van der Waals surface area contributed by atoms with Crippen molar-refractivity contribution in [3.8, 4) is 0 Å². The van der Waals surface area contributed by atoms with Crippen LogP contribution >= 0.6 is 11.6 Å². The minimum Gasteiger partial charge on any atom is -0.372 e.